The standard InChI is InChI=1S/C19H14ClN5OS/c1-12-5-6-14(20)17-16(12)24-19(27-17)25(11-13-4-2-3-7-22-13)18(26)15-10-21-8-9-23-15/h2-10H,11H2,1H3. The predicted molar refractivity (Wildman–Crippen MR) is 106 cm³/mol. The molecule has 1 aromatic carbocycles. The number of rotatable bonds is 4. The number of thiazole rings is 1. The van der Waals surface area contributed by atoms with E-state index in [-0.39, 0.29) is 18.1 Å². The molecular weight excluding hydrogens is 382 g/mol. The molecule has 134 valence electrons. The van der Waals surface area contributed by atoms with Crippen LogP contribution in [0.4, 0.5) is 5.13 Å². The van der Waals surface area contributed by atoms with Gasteiger partial charge in [0.05, 0.1) is 33.7 Å². The van der Waals surface area contributed by atoms with Gasteiger partial charge in [-0.1, -0.05) is 35.1 Å². The molecule has 1 amide bonds. The number of aromatic nitrogens is 4. The fourth-order valence-corrected chi connectivity index (χ4v) is 3.95. The molecule has 4 rings (SSSR count). The van der Waals surface area contributed by atoms with E-state index in [4.69, 9.17) is 11.6 Å². The van der Waals surface area contributed by atoms with Crippen molar-refractivity contribution in [3.05, 3.63) is 77.1 Å². The summed E-state index contributed by atoms with van der Waals surface area (Å²) in [6.07, 6.45) is 6.16. The van der Waals surface area contributed by atoms with Gasteiger partial charge in [-0.25, -0.2) is 9.97 Å². The molecule has 3 heterocycles. The molecule has 0 saturated carbocycles. The molecule has 0 fully saturated rings. The third kappa shape index (κ3) is 3.51. The number of nitrogens with zero attached hydrogens (tertiary/aromatic N) is 5. The van der Waals surface area contributed by atoms with Crippen LogP contribution in [0, 0.1) is 6.92 Å². The molecule has 0 aliphatic carbocycles. The van der Waals surface area contributed by atoms with E-state index >= 15 is 0 Å². The van der Waals surface area contributed by atoms with Crippen LogP contribution < -0.4 is 4.90 Å². The Labute approximate surface area is 164 Å². The van der Waals surface area contributed by atoms with E-state index < -0.39 is 0 Å². The summed E-state index contributed by atoms with van der Waals surface area (Å²) in [6.45, 7) is 2.24. The quantitative estimate of drug-likeness (QED) is 0.515. The molecule has 27 heavy (non-hydrogen) atoms. The van der Waals surface area contributed by atoms with Crippen LogP contribution in [-0.2, 0) is 6.54 Å². The molecule has 3 aromatic heterocycles. The van der Waals surface area contributed by atoms with Gasteiger partial charge in [-0.05, 0) is 30.7 Å². The third-order valence-electron chi connectivity index (χ3n) is 3.99. The molecule has 6 nitrogen and oxygen atoms in total. The highest BCUT2D eigenvalue weighted by molar-refractivity contribution is 7.23. The second-order valence-corrected chi connectivity index (χ2v) is 7.23. The van der Waals surface area contributed by atoms with E-state index in [0.717, 1.165) is 21.5 Å². The summed E-state index contributed by atoms with van der Waals surface area (Å²) in [4.78, 5) is 31.8. The molecule has 0 N–H and O–H groups in total. The first-order valence-electron chi connectivity index (χ1n) is 8.17. The Morgan fingerprint density at radius 2 is 2.04 bits per heavy atom. The Morgan fingerprint density at radius 3 is 2.74 bits per heavy atom. The van der Waals surface area contributed by atoms with E-state index in [1.807, 2.05) is 37.3 Å². The summed E-state index contributed by atoms with van der Waals surface area (Å²) in [7, 11) is 0. The summed E-state index contributed by atoms with van der Waals surface area (Å²) in [5, 5.41) is 1.16. The van der Waals surface area contributed by atoms with Crippen molar-refractivity contribution < 1.29 is 4.79 Å². The highest BCUT2D eigenvalue weighted by Gasteiger charge is 2.24. The molecule has 0 atom stereocenters. The number of anilines is 1. The highest BCUT2D eigenvalue weighted by Crippen LogP contribution is 2.36. The first-order valence-corrected chi connectivity index (χ1v) is 9.36. The largest absolute Gasteiger partial charge is 0.280 e. The van der Waals surface area contributed by atoms with Crippen molar-refractivity contribution >= 4 is 44.2 Å². The first kappa shape index (κ1) is 17.5. The van der Waals surface area contributed by atoms with Crippen molar-refractivity contribution in [1.82, 2.24) is 19.9 Å². The Balaban J connectivity index is 1.81. The number of hydrogen-bond donors (Lipinski definition) is 0. The maximum absolute atomic E-state index is 13.1. The number of pyridine rings is 1. The number of aryl methyl sites for hydroxylation is 1. The molecule has 0 spiro atoms. The van der Waals surface area contributed by atoms with Gasteiger partial charge in [0.1, 0.15) is 5.69 Å². The number of amides is 1. The minimum atomic E-state index is -0.290. The first-order chi connectivity index (χ1) is 13.1. The van der Waals surface area contributed by atoms with Gasteiger partial charge in [-0.15, -0.1) is 0 Å². The van der Waals surface area contributed by atoms with E-state index in [2.05, 4.69) is 19.9 Å². The van der Waals surface area contributed by atoms with Gasteiger partial charge in [-0.2, -0.15) is 0 Å². The molecule has 0 saturated heterocycles. The van der Waals surface area contributed by atoms with Gasteiger partial charge in [-0.3, -0.25) is 19.7 Å². The Kier molecular flexibility index (Phi) is 4.79. The summed E-state index contributed by atoms with van der Waals surface area (Å²) in [5.41, 5.74) is 2.79. The molecule has 8 heteroatoms. The van der Waals surface area contributed by atoms with E-state index in [9.17, 15) is 4.79 Å². The number of hydrogen-bond acceptors (Lipinski definition) is 6. The van der Waals surface area contributed by atoms with Crippen molar-refractivity contribution in [2.75, 3.05) is 4.90 Å². The van der Waals surface area contributed by atoms with Crippen molar-refractivity contribution in [3.8, 4) is 0 Å². The maximum atomic E-state index is 13.1. The lowest BCUT2D eigenvalue weighted by atomic mass is 10.2. The van der Waals surface area contributed by atoms with Gasteiger partial charge >= 0.3 is 0 Å². The van der Waals surface area contributed by atoms with Gasteiger partial charge in [0.25, 0.3) is 5.91 Å². The molecule has 0 aliphatic rings. The molecule has 4 aromatic rings. The SMILES string of the molecule is Cc1ccc(Cl)c2sc(N(Cc3ccccn3)C(=O)c3cnccn3)nc12. The summed E-state index contributed by atoms with van der Waals surface area (Å²) in [5.74, 6) is -0.290. The van der Waals surface area contributed by atoms with Gasteiger partial charge < -0.3 is 0 Å². The second-order valence-electron chi connectivity index (χ2n) is 5.84. The van der Waals surface area contributed by atoms with Crippen LogP contribution in [0.25, 0.3) is 10.2 Å². The molecule has 0 unspecified atom stereocenters. The highest BCUT2D eigenvalue weighted by atomic mass is 35.5. The average molecular weight is 396 g/mol. The molecular formula is C19H14ClN5OS. The van der Waals surface area contributed by atoms with Crippen molar-refractivity contribution in [2.24, 2.45) is 0 Å². The van der Waals surface area contributed by atoms with Crippen LogP contribution in [0.2, 0.25) is 5.02 Å². The van der Waals surface area contributed by atoms with Crippen molar-refractivity contribution in [2.45, 2.75) is 13.5 Å². The number of fused-ring (bicyclic) bond motifs is 1. The minimum Gasteiger partial charge on any atom is -0.276 e. The zero-order chi connectivity index (χ0) is 18.8. The summed E-state index contributed by atoms with van der Waals surface area (Å²) >= 11 is 7.71. The van der Waals surface area contributed by atoms with Gasteiger partial charge in [0, 0.05) is 18.6 Å². The lowest BCUT2D eigenvalue weighted by molar-refractivity contribution is 0.0979. The summed E-state index contributed by atoms with van der Waals surface area (Å²) < 4.78 is 0.852. The minimum absolute atomic E-state index is 0.246. The zero-order valence-corrected chi connectivity index (χ0v) is 15.9. The lowest BCUT2D eigenvalue weighted by Gasteiger charge is -2.18. The van der Waals surface area contributed by atoms with Crippen molar-refractivity contribution in [1.29, 1.82) is 0 Å². The predicted octanol–water partition coefficient (Wildman–Crippen LogP) is 4.29. The van der Waals surface area contributed by atoms with Crippen LogP contribution in [0.15, 0.2) is 55.1 Å². The topological polar surface area (TPSA) is 71.9 Å². The second kappa shape index (κ2) is 7.38. The summed E-state index contributed by atoms with van der Waals surface area (Å²) in [6, 6.07) is 9.34. The Hall–Kier alpha value is -2.90. The van der Waals surface area contributed by atoms with Crippen LogP contribution in [-0.4, -0.2) is 25.8 Å². The zero-order valence-electron chi connectivity index (χ0n) is 14.3. The Morgan fingerprint density at radius 1 is 1.15 bits per heavy atom. The Bertz CT molecular complexity index is 1060. The van der Waals surface area contributed by atoms with Crippen LogP contribution in [0.3, 0.4) is 0 Å². The van der Waals surface area contributed by atoms with Crippen molar-refractivity contribution in [3.63, 3.8) is 0 Å². The van der Waals surface area contributed by atoms with Gasteiger partial charge in [0.2, 0.25) is 0 Å². The van der Waals surface area contributed by atoms with E-state index in [0.29, 0.717) is 10.2 Å². The normalized spacial score (nSPS) is 10.9. The molecule has 0 bridgehead atoms. The van der Waals surface area contributed by atoms with Gasteiger partial charge in [0.15, 0.2) is 5.13 Å². The lowest BCUT2D eigenvalue weighted by Crippen LogP contribution is -2.31. The smallest absolute Gasteiger partial charge is 0.276 e. The number of carbonyl (C=O) groups excluding carboxylic acids is 1. The maximum Gasteiger partial charge on any atom is 0.280 e. The fourth-order valence-electron chi connectivity index (χ4n) is 2.63. The monoisotopic (exact) mass is 395 g/mol. The van der Waals surface area contributed by atoms with E-state index in [1.54, 1.807) is 11.1 Å². The average Bonchev–Trinajstić information content (AvgIpc) is 3.16. The molecule has 0 aliphatic heterocycles. The fraction of sp³-hybridized carbons (Fsp3) is 0.105. The number of halogens is 1. The number of benzene rings is 1. The van der Waals surface area contributed by atoms with Crippen LogP contribution in [0.1, 0.15) is 21.7 Å². The van der Waals surface area contributed by atoms with Crippen LogP contribution in [0.5, 0.6) is 0 Å². The van der Waals surface area contributed by atoms with E-state index in [1.165, 1.54) is 29.9 Å². The van der Waals surface area contributed by atoms with Crippen LogP contribution >= 0.6 is 22.9 Å². The number of carbonyl (C=O) groups is 1. The molecule has 0 radical (unpaired) electrons. The third-order valence-corrected chi connectivity index (χ3v) is 5.53.